The number of morpholine rings is 1. The first-order valence-electron chi connectivity index (χ1n) is 10.4. The van der Waals surface area contributed by atoms with Crippen LogP contribution >= 0.6 is 0 Å². The van der Waals surface area contributed by atoms with Crippen LogP contribution in [0.3, 0.4) is 0 Å². The van der Waals surface area contributed by atoms with E-state index in [0.29, 0.717) is 11.3 Å². The Morgan fingerprint density at radius 3 is 2.35 bits per heavy atom. The highest BCUT2D eigenvalue weighted by Crippen LogP contribution is 2.28. The number of anilines is 2. The number of carbonyl (C=O) groups excluding carboxylic acids is 1. The number of para-hydroxylation sites is 2. The molecule has 0 bridgehead atoms. The summed E-state index contributed by atoms with van der Waals surface area (Å²) in [7, 11) is -3.46. The van der Waals surface area contributed by atoms with Crippen LogP contribution in [0, 0.1) is 0 Å². The van der Waals surface area contributed by atoms with Crippen molar-refractivity contribution in [2.45, 2.75) is 31.8 Å². The Hall–Kier alpha value is -2.62. The Balaban J connectivity index is 1.48. The minimum atomic E-state index is -3.46. The van der Waals surface area contributed by atoms with E-state index in [2.05, 4.69) is 20.3 Å². The largest absolute Gasteiger partial charge is 0.372 e. The molecule has 2 aromatic rings. The van der Waals surface area contributed by atoms with Crippen molar-refractivity contribution in [2.75, 3.05) is 36.4 Å². The third-order valence-electron chi connectivity index (χ3n) is 4.84. The minimum Gasteiger partial charge on any atom is -0.372 e. The molecule has 3 rings (SSSR count). The van der Waals surface area contributed by atoms with E-state index in [1.165, 1.54) is 0 Å². The Kier molecular flexibility index (Phi) is 7.89. The molecule has 31 heavy (non-hydrogen) atoms. The molecule has 168 valence electrons. The van der Waals surface area contributed by atoms with Crippen LogP contribution in [-0.2, 0) is 20.5 Å². The number of benzene rings is 2. The van der Waals surface area contributed by atoms with Gasteiger partial charge in [-0.05, 0) is 31.5 Å². The molecule has 2 atom stereocenters. The summed E-state index contributed by atoms with van der Waals surface area (Å²) in [5.41, 5.74) is 2.35. The lowest BCUT2D eigenvalue weighted by molar-refractivity contribution is -0.00517. The summed E-state index contributed by atoms with van der Waals surface area (Å²) in [6, 6.07) is 16.2. The van der Waals surface area contributed by atoms with Crippen molar-refractivity contribution in [3.8, 4) is 0 Å². The Morgan fingerprint density at radius 2 is 1.65 bits per heavy atom. The van der Waals surface area contributed by atoms with Crippen LogP contribution in [-0.4, -0.2) is 52.8 Å². The van der Waals surface area contributed by atoms with E-state index >= 15 is 0 Å². The van der Waals surface area contributed by atoms with Crippen LogP contribution in [0.4, 0.5) is 16.2 Å². The predicted molar refractivity (Wildman–Crippen MR) is 123 cm³/mol. The predicted octanol–water partition coefficient (Wildman–Crippen LogP) is 2.54. The smallest absolute Gasteiger partial charge is 0.319 e. The molecule has 2 amide bonds. The van der Waals surface area contributed by atoms with Crippen LogP contribution in [0.25, 0.3) is 0 Å². The normalized spacial score (nSPS) is 19.1. The fourth-order valence-corrected chi connectivity index (χ4v) is 4.77. The van der Waals surface area contributed by atoms with Gasteiger partial charge in [0.25, 0.3) is 0 Å². The molecule has 2 unspecified atom stereocenters. The lowest BCUT2D eigenvalue weighted by atomic mass is 10.1. The third-order valence-corrected chi connectivity index (χ3v) is 6.20. The maximum atomic E-state index is 12.3. The molecule has 1 fully saturated rings. The van der Waals surface area contributed by atoms with Gasteiger partial charge in [0.05, 0.1) is 29.3 Å². The number of amides is 2. The molecule has 0 aliphatic carbocycles. The standard InChI is InChI=1S/C22H30N4O4S/c1-17-14-26(15-18(2)30-17)21-11-7-6-10-20(21)25-22(27)23-12-13-24-31(28,29)16-19-8-4-3-5-9-19/h3-11,17-18,24H,12-16H2,1-2H3,(H2,23,25,27). The van der Waals surface area contributed by atoms with Gasteiger partial charge in [0.2, 0.25) is 10.0 Å². The van der Waals surface area contributed by atoms with Gasteiger partial charge < -0.3 is 20.3 Å². The second kappa shape index (κ2) is 10.6. The number of ether oxygens (including phenoxy) is 1. The van der Waals surface area contributed by atoms with E-state index in [-0.39, 0.29) is 37.1 Å². The molecular formula is C22H30N4O4S. The molecule has 9 heteroatoms. The fourth-order valence-electron chi connectivity index (χ4n) is 3.62. The van der Waals surface area contributed by atoms with Crippen LogP contribution in [0.2, 0.25) is 0 Å². The number of urea groups is 1. The SMILES string of the molecule is CC1CN(c2ccccc2NC(=O)NCCNS(=O)(=O)Cc2ccccc2)CC(C)O1. The van der Waals surface area contributed by atoms with Crippen LogP contribution in [0.5, 0.6) is 0 Å². The maximum absolute atomic E-state index is 12.3. The Morgan fingerprint density at radius 1 is 1.00 bits per heavy atom. The first-order valence-corrected chi connectivity index (χ1v) is 12.0. The summed E-state index contributed by atoms with van der Waals surface area (Å²) >= 11 is 0. The van der Waals surface area contributed by atoms with Crippen molar-refractivity contribution in [2.24, 2.45) is 0 Å². The average Bonchev–Trinajstić information content (AvgIpc) is 2.71. The summed E-state index contributed by atoms with van der Waals surface area (Å²) in [5, 5.41) is 5.56. The number of rotatable bonds is 8. The number of hydrogen-bond acceptors (Lipinski definition) is 5. The number of nitrogens with zero attached hydrogens (tertiary/aromatic N) is 1. The quantitative estimate of drug-likeness (QED) is 0.541. The zero-order chi connectivity index (χ0) is 22.3. The lowest BCUT2D eigenvalue weighted by Crippen LogP contribution is -2.46. The number of hydrogen-bond donors (Lipinski definition) is 3. The molecular weight excluding hydrogens is 416 g/mol. The highest BCUT2D eigenvalue weighted by Gasteiger charge is 2.24. The second-order valence-electron chi connectivity index (χ2n) is 7.70. The van der Waals surface area contributed by atoms with Gasteiger partial charge in [-0.1, -0.05) is 42.5 Å². The first-order chi connectivity index (χ1) is 14.8. The maximum Gasteiger partial charge on any atom is 0.319 e. The molecule has 1 aliphatic rings. The molecule has 0 spiro atoms. The van der Waals surface area contributed by atoms with Crippen LogP contribution in [0.15, 0.2) is 54.6 Å². The number of carbonyl (C=O) groups is 1. The third kappa shape index (κ3) is 7.23. The highest BCUT2D eigenvalue weighted by molar-refractivity contribution is 7.88. The van der Waals surface area contributed by atoms with Gasteiger partial charge in [0.15, 0.2) is 0 Å². The summed E-state index contributed by atoms with van der Waals surface area (Å²) < 4.78 is 32.6. The van der Waals surface area contributed by atoms with Gasteiger partial charge in [-0.25, -0.2) is 17.9 Å². The van der Waals surface area contributed by atoms with Crippen LogP contribution < -0.4 is 20.3 Å². The van der Waals surface area contributed by atoms with E-state index in [0.717, 1.165) is 18.8 Å². The fraction of sp³-hybridized carbons (Fsp3) is 0.409. The van der Waals surface area contributed by atoms with E-state index in [4.69, 9.17) is 4.74 Å². The summed E-state index contributed by atoms with van der Waals surface area (Å²) in [4.78, 5) is 14.5. The second-order valence-corrected chi connectivity index (χ2v) is 9.51. The molecule has 1 saturated heterocycles. The molecule has 8 nitrogen and oxygen atoms in total. The van der Waals surface area contributed by atoms with Crippen molar-refractivity contribution in [3.63, 3.8) is 0 Å². The summed E-state index contributed by atoms with van der Waals surface area (Å²) in [6.07, 6.45) is 0.212. The van der Waals surface area contributed by atoms with Gasteiger partial charge in [-0.2, -0.15) is 0 Å². The minimum absolute atomic E-state index is 0.0934. The Bertz CT molecular complexity index is 958. The highest BCUT2D eigenvalue weighted by atomic mass is 32.2. The molecule has 1 heterocycles. The van der Waals surface area contributed by atoms with E-state index < -0.39 is 10.0 Å². The van der Waals surface area contributed by atoms with E-state index in [1.54, 1.807) is 24.3 Å². The first kappa shape index (κ1) is 23.1. The van der Waals surface area contributed by atoms with Crippen LogP contribution in [0.1, 0.15) is 19.4 Å². The Labute approximate surface area is 184 Å². The molecule has 3 N–H and O–H groups in total. The number of sulfonamides is 1. The van der Waals surface area contributed by atoms with E-state index in [1.807, 2.05) is 44.2 Å². The van der Waals surface area contributed by atoms with Gasteiger partial charge >= 0.3 is 6.03 Å². The van der Waals surface area contributed by atoms with Crippen molar-refractivity contribution in [1.29, 1.82) is 0 Å². The lowest BCUT2D eigenvalue weighted by Gasteiger charge is -2.37. The zero-order valence-corrected chi connectivity index (χ0v) is 18.7. The van der Waals surface area contributed by atoms with Crippen molar-refractivity contribution >= 4 is 27.4 Å². The molecule has 0 aromatic heterocycles. The van der Waals surface area contributed by atoms with Crippen molar-refractivity contribution in [3.05, 3.63) is 60.2 Å². The molecule has 0 radical (unpaired) electrons. The molecule has 2 aromatic carbocycles. The van der Waals surface area contributed by atoms with E-state index in [9.17, 15) is 13.2 Å². The molecule has 0 saturated carbocycles. The number of nitrogens with one attached hydrogen (secondary N) is 3. The van der Waals surface area contributed by atoms with Gasteiger partial charge in [0.1, 0.15) is 0 Å². The van der Waals surface area contributed by atoms with Gasteiger partial charge in [0, 0.05) is 26.2 Å². The summed E-state index contributed by atoms with van der Waals surface area (Å²) in [5.74, 6) is -0.0934. The van der Waals surface area contributed by atoms with Crippen molar-refractivity contribution < 1.29 is 17.9 Å². The topological polar surface area (TPSA) is 99.8 Å². The monoisotopic (exact) mass is 446 g/mol. The van der Waals surface area contributed by atoms with Gasteiger partial charge in [-0.15, -0.1) is 0 Å². The molecule has 1 aliphatic heterocycles. The summed E-state index contributed by atoms with van der Waals surface area (Å²) in [6.45, 7) is 5.84. The zero-order valence-electron chi connectivity index (χ0n) is 17.9. The average molecular weight is 447 g/mol. The van der Waals surface area contributed by atoms with Gasteiger partial charge in [-0.3, -0.25) is 0 Å². The van der Waals surface area contributed by atoms with Crippen molar-refractivity contribution in [1.82, 2.24) is 10.0 Å².